The van der Waals surface area contributed by atoms with E-state index < -0.39 is 0 Å². The third-order valence-corrected chi connectivity index (χ3v) is 7.14. The number of nitrogens with two attached hydrogens (primary N) is 1. The second-order valence-electron chi connectivity index (χ2n) is 6.60. The molecule has 0 spiro atoms. The lowest BCUT2D eigenvalue weighted by Crippen LogP contribution is -2.30. The minimum Gasteiger partial charge on any atom is -0.397 e. The molecule has 26 heavy (non-hydrogen) atoms. The number of carbonyl (C=O) groups excluding carboxylic acids is 1. The zero-order valence-electron chi connectivity index (χ0n) is 15.2. The fraction of sp³-hybridized carbons (Fsp3) is 0.400. The van der Waals surface area contributed by atoms with Crippen molar-refractivity contribution >= 4 is 44.5 Å². The summed E-state index contributed by atoms with van der Waals surface area (Å²) < 4.78 is 0. The normalized spacial score (nSPS) is 13.8. The van der Waals surface area contributed by atoms with Crippen molar-refractivity contribution in [1.29, 1.82) is 0 Å². The molecule has 4 nitrogen and oxygen atoms in total. The average Bonchev–Trinajstić information content (AvgIpc) is 3.29. The van der Waals surface area contributed by atoms with Gasteiger partial charge in [-0.2, -0.15) is 0 Å². The molecule has 3 aromatic rings. The maximum absolute atomic E-state index is 12.9. The van der Waals surface area contributed by atoms with Crippen LogP contribution in [-0.4, -0.2) is 28.9 Å². The molecular weight excluding hydrogens is 362 g/mol. The van der Waals surface area contributed by atoms with Gasteiger partial charge in [0.05, 0.1) is 5.69 Å². The Kier molecular flexibility index (Phi) is 4.71. The summed E-state index contributed by atoms with van der Waals surface area (Å²) in [7, 11) is 0. The average molecular weight is 386 g/mol. The summed E-state index contributed by atoms with van der Waals surface area (Å²) in [5.74, 6) is 0.0191. The number of hydrogen-bond acceptors (Lipinski definition) is 5. The van der Waals surface area contributed by atoms with E-state index in [2.05, 4.69) is 17.5 Å². The number of thiophene rings is 2. The van der Waals surface area contributed by atoms with Crippen molar-refractivity contribution in [2.45, 2.75) is 39.5 Å². The highest BCUT2D eigenvalue weighted by molar-refractivity contribution is 7.21. The van der Waals surface area contributed by atoms with Gasteiger partial charge < -0.3 is 10.6 Å². The zero-order valence-corrected chi connectivity index (χ0v) is 16.8. The molecular formula is C20H23N3OS2. The number of fused-ring (bicyclic) bond motifs is 2. The van der Waals surface area contributed by atoms with Crippen molar-refractivity contribution in [3.05, 3.63) is 33.6 Å². The van der Waals surface area contributed by atoms with Gasteiger partial charge in [0.15, 0.2) is 0 Å². The topological polar surface area (TPSA) is 59.2 Å². The highest BCUT2D eigenvalue weighted by Crippen LogP contribution is 2.45. The smallest absolute Gasteiger partial charge is 0.266 e. The molecule has 0 aromatic carbocycles. The minimum atomic E-state index is 0.0191. The first-order valence-corrected chi connectivity index (χ1v) is 10.9. The predicted molar refractivity (Wildman–Crippen MR) is 111 cm³/mol. The Morgan fingerprint density at radius 2 is 2.04 bits per heavy atom. The predicted octanol–water partition coefficient (Wildman–Crippen LogP) is 4.97. The molecule has 3 aromatic heterocycles. The first-order chi connectivity index (χ1) is 12.7. The van der Waals surface area contributed by atoms with Crippen molar-refractivity contribution < 1.29 is 4.79 Å². The Balaban J connectivity index is 1.99. The Morgan fingerprint density at radius 3 is 2.73 bits per heavy atom. The molecule has 4 rings (SSSR count). The number of hydrogen-bond donors (Lipinski definition) is 1. The van der Waals surface area contributed by atoms with E-state index in [0.717, 1.165) is 23.1 Å². The number of aryl methyl sites for hydroxylation is 1. The molecule has 0 unspecified atom stereocenters. The number of anilines is 1. The van der Waals surface area contributed by atoms with Crippen LogP contribution in [0.2, 0.25) is 0 Å². The number of amides is 1. The number of rotatable bonds is 4. The Hall–Kier alpha value is -1.92. The molecule has 6 heteroatoms. The van der Waals surface area contributed by atoms with Crippen molar-refractivity contribution in [3.63, 3.8) is 0 Å². The second kappa shape index (κ2) is 7.00. The zero-order chi connectivity index (χ0) is 18.3. The molecule has 1 aliphatic carbocycles. The largest absolute Gasteiger partial charge is 0.397 e. The van der Waals surface area contributed by atoms with E-state index in [-0.39, 0.29) is 5.91 Å². The first kappa shape index (κ1) is 17.5. The fourth-order valence-corrected chi connectivity index (χ4v) is 5.71. The van der Waals surface area contributed by atoms with Crippen LogP contribution in [0.25, 0.3) is 20.7 Å². The van der Waals surface area contributed by atoms with Gasteiger partial charge in [-0.3, -0.25) is 4.79 Å². The van der Waals surface area contributed by atoms with Gasteiger partial charge in [0.25, 0.3) is 5.91 Å². The molecule has 1 amide bonds. The molecule has 3 heterocycles. The van der Waals surface area contributed by atoms with Gasteiger partial charge in [0.2, 0.25) is 0 Å². The van der Waals surface area contributed by atoms with E-state index in [4.69, 9.17) is 10.7 Å². The van der Waals surface area contributed by atoms with Crippen LogP contribution in [0, 0.1) is 0 Å². The summed E-state index contributed by atoms with van der Waals surface area (Å²) >= 11 is 3.18. The summed E-state index contributed by atoms with van der Waals surface area (Å²) in [5, 5.41) is 3.08. The highest BCUT2D eigenvalue weighted by Gasteiger charge is 2.27. The molecule has 136 valence electrons. The number of nitrogens with zero attached hydrogens (tertiary/aromatic N) is 2. The van der Waals surface area contributed by atoms with E-state index in [1.54, 1.807) is 11.3 Å². The summed E-state index contributed by atoms with van der Waals surface area (Å²) in [6.45, 7) is 5.37. The lowest BCUT2D eigenvalue weighted by atomic mass is 9.90. The fourth-order valence-electron chi connectivity index (χ4n) is 3.81. The molecule has 0 aliphatic heterocycles. The lowest BCUT2D eigenvalue weighted by Gasteiger charge is -2.19. The van der Waals surface area contributed by atoms with Crippen LogP contribution in [-0.2, 0) is 12.8 Å². The van der Waals surface area contributed by atoms with Crippen molar-refractivity contribution in [1.82, 2.24) is 9.88 Å². The maximum atomic E-state index is 12.9. The molecule has 0 saturated carbocycles. The van der Waals surface area contributed by atoms with Crippen LogP contribution < -0.4 is 5.73 Å². The third kappa shape index (κ3) is 2.72. The van der Waals surface area contributed by atoms with Gasteiger partial charge in [-0.15, -0.1) is 22.7 Å². The monoisotopic (exact) mass is 385 g/mol. The summed E-state index contributed by atoms with van der Waals surface area (Å²) in [4.78, 5) is 22.5. The Morgan fingerprint density at radius 1 is 1.27 bits per heavy atom. The van der Waals surface area contributed by atoms with Crippen LogP contribution in [0.4, 0.5) is 5.69 Å². The van der Waals surface area contributed by atoms with Gasteiger partial charge in [0.1, 0.15) is 9.71 Å². The van der Waals surface area contributed by atoms with Crippen LogP contribution in [0.3, 0.4) is 0 Å². The summed E-state index contributed by atoms with van der Waals surface area (Å²) in [5.41, 5.74) is 10.9. The lowest BCUT2D eigenvalue weighted by molar-refractivity contribution is 0.0779. The van der Waals surface area contributed by atoms with E-state index in [9.17, 15) is 4.79 Å². The number of pyridine rings is 1. The number of nitrogen functional groups attached to an aromatic ring is 1. The van der Waals surface area contributed by atoms with Crippen LogP contribution in [0.5, 0.6) is 0 Å². The molecule has 0 bridgehead atoms. The SMILES string of the molecule is CCN(CC)C(=O)c1sc2nc3c(c(-c4cccs4)c2c1N)CCCC3. The second-order valence-corrected chi connectivity index (χ2v) is 8.55. The standard InChI is InChI=1S/C20H23N3OS2/c1-3-23(4-2)20(24)18-17(21)16-15(14-10-7-11-25-14)12-8-5-6-9-13(12)22-19(16)26-18/h7,10-11H,3-6,8-9,21H2,1-2H3. The summed E-state index contributed by atoms with van der Waals surface area (Å²) in [6, 6.07) is 4.23. The van der Waals surface area contributed by atoms with Gasteiger partial charge in [0, 0.05) is 34.6 Å². The molecule has 0 atom stereocenters. The molecule has 0 saturated heterocycles. The van der Waals surface area contributed by atoms with Crippen LogP contribution >= 0.6 is 22.7 Å². The van der Waals surface area contributed by atoms with Crippen molar-refractivity contribution in [2.24, 2.45) is 0 Å². The van der Waals surface area contributed by atoms with Crippen molar-refractivity contribution in [2.75, 3.05) is 18.8 Å². The number of carbonyl (C=O) groups is 1. The molecule has 0 fully saturated rings. The van der Waals surface area contributed by atoms with E-state index in [0.29, 0.717) is 23.7 Å². The van der Waals surface area contributed by atoms with E-state index >= 15 is 0 Å². The van der Waals surface area contributed by atoms with Gasteiger partial charge in [-0.25, -0.2) is 4.98 Å². The Labute approximate surface area is 161 Å². The summed E-state index contributed by atoms with van der Waals surface area (Å²) in [6.07, 6.45) is 4.43. The third-order valence-electron chi connectivity index (χ3n) is 5.17. The molecule has 2 N–H and O–H groups in total. The van der Waals surface area contributed by atoms with Gasteiger partial charge in [-0.1, -0.05) is 6.07 Å². The number of aromatic nitrogens is 1. The van der Waals surface area contributed by atoms with Crippen LogP contribution in [0.15, 0.2) is 17.5 Å². The molecule has 0 radical (unpaired) electrons. The quantitative estimate of drug-likeness (QED) is 0.690. The van der Waals surface area contributed by atoms with E-state index in [1.807, 2.05) is 18.7 Å². The minimum absolute atomic E-state index is 0.0191. The van der Waals surface area contributed by atoms with Crippen molar-refractivity contribution in [3.8, 4) is 10.4 Å². The van der Waals surface area contributed by atoms with E-state index in [1.165, 1.54) is 45.9 Å². The maximum Gasteiger partial charge on any atom is 0.266 e. The molecule has 1 aliphatic rings. The Bertz CT molecular complexity index is 956. The van der Waals surface area contributed by atoms with Gasteiger partial charge in [-0.05, 0) is 56.5 Å². The van der Waals surface area contributed by atoms with Gasteiger partial charge >= 0.3 is 0 Å². The van der Waals surface area contributed by atoms with Crippen LogP contribution in [0.1, 0.15) is 47.6 Å². The highest BCUT2D eigenvalue weighted by atomic mass is 32.1. The first-order valence-electron chi connectivity index (χ1n) is 9.22.